The summed E-state index contributed by atoms with van der Waals surface area (Å²) in [4.78, 5) is 63.4. The summed E-state index contributed by atoms with van der Waals surface area (Å²) < 4.78 is 6.04. The average molecular weight is 689 g/mol. The van der Waals surface area contributed by atoms with Crippen LogP contribution in [0.1, 0.15) is 109 Å². The van der Waals surface area contributed by atoms with Crippen LogP contribution in [0.25, 0.3) is 0 Å². The first kappa shape index (κ1) is 41.4. The molecule has 0 aromatic heterocycles. The number of hydrogen-bond acceptors (Lipinski definition) is 8. The van der Waals surface area contributed by atoms with E-state index in [4.69, 9.17) is 4.74 Å². The van der Waals surface area contributed by atoms with Gasteiger partial charge in [0.2, 0.25) is 5.91 Å². The van der Waals surface area contributed by atoms with Gasteiger partial charge < -0.3 is 35.4 Å². The van der Waals surface area contributed by atoms with Crippen LogP contribution in [0.5, 0.6) is 5.75 Å². The molecule has 1 amide bonds. The largest absolute Gasteiger partial charge is 0.490 e. The molecule has 0 spiro atoms. The van der Waals surface area contributed by atoms with E-state index in [2.05, 4.69) is 24.2 Å². The zero-order valence-electron chi connectivity index (χ0n) is 29.1. The van der Waals surface area contributed by atoms with E-state index < -0.39 is 47.8 Å². The van der Waals surface area contributed by atoms with Gasteiger partial charge in [-0.2, -0.15) is 0 Å². The first-order valence-corrected chi connectivity index (χ1v) is 17.7. The van der Waals surface area contributed by atoms with E-state index in [1.807, 2.05) is 0 Å². The number of allylic oxidation sites excluding steroid dienone is 1. The van der Waals surface area contributed by atoms with Gasteiger partial charge >= 0.3 is 17.9 Å². The van der Waals surface area contributed by atoms with Crippen molar-refractivity contribution in [2.24, 2.45) is 5.92 Å². The van der Waals surface area contributed by atoms with Crippen molar-refractivity contribution in [2.75, 3.05) is 20.1 Å². The average Bonchev–Trinajstić information content (AvgIpc) is 3.04. The number of aliphatic hydroxyl groups is 1. The Balaban J connectivity index is 1.98. The number of carbonyl (C=O) groups is 5. The van der Waals surface area contributed by atoms with Gasteiger partial charge in [0.05, 0.1) is 12.3 Å². The van der Waals surface area contributed by atoms with Crippen molar-refractivity contribution in [1.82, 2.24) is 10.2 Å². The van der Waals surface area contributed by atoms with Crippen LogP contribution >= 0.6 is 0 Å². The van der Waals surface area contributed by atoms with Gasteiger partial charge in [-0.15, -0.1) is 0 Å². The summed E-state index contributed by atoms with van der Waals surface area (Å²) in [6.07, 6.45) is 13.2. The van der Waals surface area contributed by atoms with Gasteiger partial charge in [-0.25, -0.2) is 9.59 Å². The van der Waals surface area contributed by atoms with Crippen LogP contribution in [0, 0.1) is 5.92 Å². The fraction of sp³-hybridized carbons (Fsp3) is 0.649. The molecule has 49 heavy (non-hydrogen) atoms. The Morgan fingerprint density at radius 3 is 2.06 bits per heavy atom. The molecule has 274 valence electrons. The molecule has 3 atom stereocenters. The summed E-state index contributed by atoms with van der Waals surface area (Å²) in [5.41, 5.74) is -2.44. The van der Waals surface area contributed by atoms with Gasteiger partial charge in [-0.3, -0.25) is 14.4 Å². The second-order valence-electron chi connectivity index (χ2n) is 13.2. The number of nitrogens with zero attached hydrogens (tertiary/aromatic N) is 1. The molecule has 1 aliphatic rings. The standard InChI is InChI=1S/C37H56N2O10/c1-3-4-5-8-11-14-28(40)15-12-9-6-7-10-13-16-31(37(48,36(46)47)26-33(41)42)34(43)38-32(35(44)45)25-27-17-19-29(20-18-27)49-30-21-23-39(2)24-22-30/h13,16-20,30-32,48H,3-12,14-15,21-26H2,1-2H3,(H,38,43)(H,41,42)(H,44,45)(H,46,47)/t31-,32+,37+/m1/s1. The number of amides is 1. The third-order valence-corrected chi connectivity index (χ3v) is 9.00. The summed E-state index contributed by atoms with van der Waals surface area (Å²) >= 11 is 0. The predicted molar refractivity (Wildman–Crippen MR) is 184 cm³/mol. The highest BCUT2D eigenvalue weighted by Crippen LogP contribution is 2.26. The normalized spacial score (nSPS) is 16.5. The van der Waals surface area contributed by atoms with Crippen LogP contribution in [0.3, 0.4) is 0 Å². The van der Waals surface area contributed by atoms with E-state index in [0.717, 1.165) is 77.0 Å². The van der Waals surface area contributed by atoms with Crippen molar-refractivity contribution in [3.05, 3.63) is 42.0 Å². The van der Waals surface area contributed by atoms with Gasteiger partial charge in [-0.1, -0.05) is 69.7 Å². The van der Waals surface area contributed by atoms with E-state index in [9.17, 15) is 44.4 Å². The molecule has 0 radical (unpaired) electrons. The lowest BCUT2D eigenvalue weighted by atomic mass is 9.82. The van der Waals surface area contributed by atoms with E-state index in [1.54, 1.807) is 24.3 Å². The highest BCUT2D eigenvalue weighted by atomic mass is 16.5. The Morgan fingerprint density at radius 1 is 0.918 bits per heavy atom. The van der Waals surface area contributed by atoms with Crippen molar-refractivity contribution in [3.63, 3.8) is 0 Å². The molecule has 12 heteroatoms. The first-order valence-electron chi connectivity index (χ1n) is 17.7. The van der Waals surface area contributed by atoms with Crippen LogP contribution in [0.2, 0.25) is 0 Å². The second kappa shape index (κ2) is 22.0. The molecule has 12 nitrogen and oxygen atoms in total. The minimum Gasteiger partial charge on any atom is -0.490 e. The minimum atomic E-state index is -3.01. The summed E-state index contributed by atoms with van der Waals surface area (Å²) in [6, 6.07) is 5.34. The molecule has 0 unspecified atom stereocenters. The van der Waals surface area contributed by atoms with Crippen LogP contribution in [-0.4, -0.2) is 92.8 Å². The molecule has 2 rings (SSSR count). The lowest BCUT2D eigenvalue weighted by Gasteiger charge is -2.29. The van der Waals surface area contributed by atoms with Crippen LogP contribution < -0.4 is 10.1 Å². The zero-order chi connectivity index (χ0) is 36.2. The Hall–Kier alpha value is -3.77. The number of hydrogen-bond donors (Lipinski definition) is 5. The number of piperidine rings is 1. The molecule has 1 aromatic carbocycles. The number of nitrogens with one attached hydrogen (secondary N) is 1. The van der Waals surface area contributed by atoms with Crippen molar-refractivity contribution in [3.8, 4) is 5.75 Å². The number of carboxylic acids is 3. The van der Waals surface area contributed by atoms with Gasteiger partial charge in [0.25, 0.3) is 0 Å². The number of Topliss-reactive ketones (excluding diaryl/α,β-unsaturated/α-hetero) is 1. The molecule has 1 aromatic rings. The maximum Gasteiger partial charge on any atom is 0.337 e. The highest BCUT2D eigenvalue weighted by molar-refractivity contribution is 5.94. The smallest absolute Gasteiger partial charge is 0.337 e. The topological polar surface area (TPSA) is 191 Å². The summed E-state index contributed by atoms with van der Waals surface area (Å²) in [6.45, 7) is 4.02. The molecule has 5 N–H and O–H groups in total. The molecule has 0 bridgehead atoms. The van der Waals surface area contributed by atoms with E-state index in [-0.39, 0.29) is 18.3 Å². The first-order chi connectivity index (χ1) is 23.3. The van der Waals surface area contributed by atoms with Gasteiger partial charge in [0.1, 0.15) is 23.7 Å². The Bertz CT molecular complexity index is 1230. The Morgan fingerprint density at radius 2 is 1.51 bits per heavy atom. The zero-order valence-corrected chi connectivity index (χ0v) is 29.1. The number of unbranched alkanes of at least 4 members (excludes halogenated alkanes) is 8. The number of carbonyl (C=O) groups excluding carboxylic acids is 2. The van der Waals surface area contributed by atoms with Crippen LogP contribution in [0.4, 0.5) is 0 Å². The third kappa shape index (κ3) is 15.5. The molecular weight excluding hydrogens is 632 g/mol. The van der Waals surface area contributed by atoms with E-state index >= 15 is 0 Å². The number of aliphatic carboxylic acids is 3. The lowest BCUT2D eigenvalue weighted by Crippen LogP contribution is -2.55. The number of rotatable bonds is 25. The molecular formula is C37H56N2O10. The number of likely N-dealkylation sites (tertiary alicyclic amines) is 1. The quantitative estimate of drug-likeness (QED) is 0.0686. The SMILES string of the molecule is CCCCCCCC(=O)CCCCCCC=C[C@H](C(=O)N[C@@H](Cc1ccc(OC2CCN(C)CC2)cc1)C(=O)O)[C@@](O)(CC(=O)O)C(=O)O. The van der Waals surface area contributed by atoms with Crippen molar-refractivity contribution in [1.29, 1.82) is 0 Å². The molecule has 0 aliphatic carbocycles. The molecule has 1 heterocycles. The Kier molecular flexibility index (Phi) is 18.6. The molecule has 1 saturated heterocycles. The number of ketones is 1. The van der Waals surface area contributed by atoms with Gasteiger partial charge in [0.15, 0.2) is 5.60 Å². The van der Waals surface area contributed by atoms with Crippen LogP contribution in [-0.2, 0) is 30.4 Å². The number of benzene rings is 1. The highest BCUT2D eigenvalue weighted by Gasteiger charge is 2.49. The monoisotopic (exact) mass is 688 g/mol. The number of ether oxygens (including phenoxy) is 1. The van der Waals surface area contributed by atoms with E-state index in [0.29, 0.717) is 37.0 Å². The second-order valence-corrected chi connectivity index (χ2v) is 13.2. The fourth-order valence-electron chi connectivity index (χ4n) is 5.93. The maximum atomic E-state index is 13.4. The number of carboxylic acid groups (broad SMARTS) is 3. The third-order valence-electron chi connectivity index (χ3n) is 9.00. The van der Waals surface area contributed by atoms with Crippen molar-refractivity contribution < 1.29 is 49.1 Å². The Labute approximate surface area is 289 Å². The van der Waals surface area contributed by atoms with Crippen molar-refractivity contribution >= 4 is 29.6 Å². The summed E-state index contributed by atoms with van der Waals surface area (Å²) in [5, 5.41) is 42.3. The van der Waals surface area contributed by atoms with Gasteiger partial charge in [0, 0.05) is 32.4 Å². The molecule has 1 fully saturated rings. The maximum absolute atomic E-state index is 13.4. The van der Waals surface area contributed by atoms with E-state index in [1.165, 1.54) is 12.5 Å². The lowest BCUT2D eigenvalue weighted by molar-refractivity contribution is -0.172. The minimum absolute atomic E-state index is 0.0854. The molecule has 0 saturated carbocycles. The van der Waals surface area contributed by atoms with Gasteiger partial charge in [-0.05, 0) is 63.3 Å². The molecule has 1 aliphatic heterocycles. The predicted octanol–water partition coefficient (Wildman–Crippen LogP) is 5.00. The van der Waals surface area contributed by atoms with Crippen LogP contribution in [0.15, 0.2) is 36.4 Å². The fourth-order valence-corrected chi connectivity index (χ4v) is 5.93. The van der Waals surface area contributed by atoms with Crippen molar-refractivity contribution in [2.45, 2.75) is 127 Å². The summed E-state index contributed by atoms with van der Waals surface area (Å²) in [5.74, 6) is -7.01. The summed E-state index contributed by atoms with van der Waals surface area (Å²) in [7, 11) is 2.06.